The molecule has 1 aliphatic heterocycles. The maximum Gasteiger partial charge on any atom is 0.308 e. The van der Waals surface area contributed by atoms with Gasteiger partial charge >= 0.3 is 5.97 Å². The van der Waals surface area contributed by atoms with Gasteiger partial charge in [-0.3, -0.25) is 4.79 Å². The summed E-state index contributed by atoms with van der Waals surface area (Å²) in [6.45, 7) is 4.51. The van der Waals surface area contributed by atoms with E-state index in [-0.39, 0.29) is 17.3 Å². The van der Waals surface area contributed by atoms with E-state index in [0.717, 1.165) is 5.69 Å². The van der Waals surface area contributed by atoms with Gasteiger partial charge in [-0.05, 0) is 44.5 Å². The third-order valence-electron chi connectivity index (χ3n) is 3.37. The van der Waals surface area contributed by atoms with Crippen LogP contribution in [-0.4, -0.2) is 23.2 Å². The summed E-state index contributed by atoms with van der Waals surface area (Å²) in [6, 6.07) is 6.20. The first-order chi connectivity index (χ1) is 7.90. The van der Waals surface area contributed by atoms with Crippen LogP contribution in [0, 0.1) is 11.7 Å². The maximum atomic E-state index is 12.9. The number of rotatable bonds is 2. The van der Waals surface area contributed by atoms with Crippen LogP contribution in [0.4, 0.5) is 10.1 Å². The normalized spacial score (nSPS) is 22.8. The Morgan fingerprint density at radius 2 is 2.00 bits per heavy atom. The van der Waals surface area contributed by atoms with Crippen molar-refractivity contribution in [3.05, 3.63) is 30.1 Å². The van der Waals surface area contributed by atoms with Crippen LogP contribution < -0.4 is 4.90 Å². The van der Waals surface area contributed by atoms with Gasteiger partial charge in [0.1, 0.15) is 5.82 Å². The van der Waals surface area contributed by atoms with Gasteiger partial charge in [0.05, 0.1) is 5.92 Å². The van der Waals surface area contributed by atoms with Gasteiger partial charge in [0, 0.05) is 17.8 Å². The van der Waals surface area contributed by atoms with Crippen molar-refractivity contribution in [1.82, 2.24) is 0 Å². The van der Waals surface area contributed by atoms with Gasteiger partial charge in [-0.25, -0.2) is 4.39 Å². The predicted molar refractivity (Wildman–Crippen MR) is 63.6 cm³/mol. The molecule has 0 bridgehead atoms. The van der Waals surface area contributed by atoms with E-state index < -0.39 is 5.97 Å². The van der Waals surface area contributed by atoms with Gasteiger partial charge in [0.15, 0.2) is 0 Å². The van der Waals surface area contributed by atoms with E-state index in [1.54, 1.807) is 12.1 Å². The van der Waals surface area contributed by atoms with Gasteiger partial charge < -0.3 is 10.0 Å². The lowest BCUT2D eigenvalue weighted by Gasteiger charge is -2.33. The molecule has 1 aromatic carbocycles. The zero-order valence-corrected chi connectivity index (χ0v) is 9.98. The SMILES string of the molecule is CC1(C)CC(C(=O)O)CN1c1ccc(F)cc1. The first kappa shape index (κ1) is 11.9. The standard InChI is InChI=1S/C13H16FNO2/c1-13(2)7-9(12(16)17)8-15(13)11-5-3-10(14)4-6-11/h3-6,9H,7-8H2,1-2H3,(H,16,17). The molecular weight excluding hydrogens is 221 g/mol. The Balaban J connectivity index is 2.26. The molecule has 1 heterocycles. The Hall–Kier alpha value is -1.58. The molecule has 1 aromatic rings. The number of hydrogen-bond donors (Lipinski definition) is 1. The van der Waals surface area contributed by atoms with Crippen molar-refractivity contribution in [3.8, 4) is 0 Å². The molecule has 92 valence electrons. The largest absolute Gasteiger partial charge is 0.481 e. The van der Waals surface area contributed by atoms with Crippen LogP contribution in [0.25, 0.3) is 0 Å². The van der Waals surface area contributed by atoms with Gasteiger partial charge in [0.2, 0.25) is 0 Å². The van der Waals surface area contributed by atoms with Gasteiger partial charge in [-0.2, -0.15) is 0 Å². The van der Waals surface area contributed by atoms with E-state index in [1.165, 1.54) is 12.1 Å². The van der Waals surface area contributed by atoms with Crippen molar-refractivity contribution in [2.45, 2.75) is 25.8 Å². The van der Waals surface area contributed by atoms with Crippen molar-refractivity contribution in [1.29, 1.82) is 0 Å². The number of halogens is 1. The minimum absolute atomic E-state index is 0.207. The van der Waals surface area contributed by atoms with Crippen LogP contribution in [0.5, 0.6) is 0 Å². The molecular formula is C13H16FNO2. The van der Waals surface area contributed by atoms with Crippen molar-refractivity contribution < 1.29 is 14.3 Å². The maximum absolute atomic E-state index is 12.9. The van der Waals surface area contributed by atoms with E-state index in [9.17, 15) is 9.18 Å². The van der Waals surface area contributed by atoms with Gasteiger partial charge in [-0.15, -0.1) is 0 Å². The molecule has 0 aliphatic carbocycles. The molecule has 1 fully saturated rings. The molecule has 0 amide bonds. The summed E-state index contributed by atoms with van der Waals surface area (Å²) in [4.78, 5) is 13.1. The first-order valence-electron chi connectivity index (χ1n) is 5.66. The van der Waals surface area contributed by atoms with Crippen molar-refractivity contribution in [3.63, 3.8) is 0 Å². The molecule has 0 radical (unpaired) electrons. The smallest absolute Gasteiger partial charge is 0.308 e. The summed E-state index contributed by atoms with van der Waals surface area (Å²) in [5.74, 6) is -1.39. The minimum atomic E-state index is -0.761. The summed E-state index contributed by atoms with van der Waals surface area (Å²) in [6.07, 6.45) is 0.611. The van der Waals surface area contributed by atoms with E-state index >= 15 is 0 Å². The average molecular weight is 237 g/mol. The first-order valence-corrected chi connectivity index (χ1v) is 5.66. The van der Waals surface area contributed by atoms with Gasteiger partial charge in [-0.1, -0.05) is 0 Å². The molecule has 3 nitrogen and oxygen atoms in total. The minimum Gasteiger partial charge on any atom is -0.481 e. The molecule has 1 atom stereocenters. The van der Waals surface area contributed by atoms with Crippen molar-refractivity contribution in [2.75, 3.05) is 11.4 Å². The molecule has 0 spiro atoms. The Kier molecular flexibility index (Phi) is 2.81. The molecule has 4 heteroatoms. The number of nitrogens with zero attached hydrogens (tertiary/aromatic N) is 1. The second-order valence-corrected chi connectivity index (χ2v) is 5.14. The summed E-state index contributed by atoms with van der Waals surface area (Å²) in [7, 11) is 0. The highest BCUT2D eigenvalue weighted by atomic mass is 19.1. The highest BCUT2D eigenvalue weighted by Gasteiger charge is 2.41. The Morgan fingerprint density at radius 1 is 1.41 bits per heavy atom. The topological polar surface area (TPSA) is 40.5 Å². The van der Waals surface area contributed by atoms with Crippen LogP contribution in [0.1, 0.15) is 20.3 Å². The molecule has 1 saturated heterocycles. The van der Waals surface area contributed by atoms with Gasteiger partial charge in [0.25, 0.3) is 0 Å². The number of anilines is 1. The fourth-order valence-corrected chi connectivity index (χ4v) is 2.49. The molecule has 0 aromatic heterocycles. The summed E-state index contributed by atoms with van der Waals surface area (Å²) < 4.78 is 12.9. The summed E-state index contributed by atoms with van der Waals surface area (Å²) >= 11 is 0. The molecule has 0 saturated carbocycles. The van der Waals surface area contributed by atoms with Crippen molar-refractivity contribution in [2.24, 2.45) is 5.92 Å². The fourth-order valence-electron chi connectivity index (χ4n) is 2.49. The monoisotopic (exact) mass is 237 g/mol. The number of carboxylic acids is 1. The number of carbonyl (C=O) groups is 1. The number of aliphatic carboxylic acids is 1. The quantitative estimate of drug-likeness (QED) is 0.859. The van der Waals surface area contributed by atoms with E-state index in [1.807, 2.05) is 18.7 Å². The van der Waals surface area contributed by atoms with Crippen LogP contribution in [-0.2, 0) is 4.79 Å². The number of carboxylic acid groups (broad SMARTS) is 1. The average Bonchev–Trinajstić information content (AvgIpc) is 2.56. The fraction of sp³-hybridized carbons (Fsp3) is 0.462. The van der Waals surface area contributed by atoms with Crippen LogP contribution >= 0.6 is 0 Å². The second-order valence-electron chi connectivity index (χ2n) is 5.14. The molecule has 1 unspecified atom stereocenters. The lowest BCUT2D eigenvalue weighted by molar-refractivity contribution is -0.141. The zero-order valence-electron chi connectivity index (χ0n) is 9.98. The number of hydrogen-bond acceptors (Lipinski definition) is 2. The third kappa shape index (κ3) is 2.25. The molecule has 2 rings (SSSR count). The zero-order chi connectivity index (χ0) is 12.6. The van der Waals surface area contributed by atoms with E-state index in [2.05, 4.69) is 0 Å². The highest BCUT2D eigenvalue weighted by Crippen LogP contribution is 2.36. The Bertz CT molecular complexity index is 428. The summed E-state index contributed by atoms with van der Waals surface area (Å²) in [5.41, 5.74) is 0.668. The van der Waals surface area contributed by atoms with Crippen LogP contribution in [0.15, 0.2) is 24.3 Å². The Morgan fingerprint density at radius 3 is 2.47 bits per heavy atom. The van der Waals surface area contributed by atoms with E-state index in [4.69, 9.17) is 5.11 Å². The second kappa shape index (κ2) is 4.02. The lowest BCUT2D eigenvalue weighted by atomic mass is 9.96. The lowest BCUT2D eigenvalue weighted by Crippen LogP contribution is -2.38. The molecule has 1 aliphatic rings. The third-order valence-corrected chi connectivity index (χ3v) is 3.37. The predicted octanol–water partition coefficient (Wildman–Crippen LogP) is 2.52. The van der Waals surface area contributed by atoms with E-state index in [0.29, 0.717) is 13.0 Å². The van der Waals surface area contributed by atoms with Crippen molar-refractivity contribution >= 4 is 11.7 Å². The van der Waals surface area contributed by atoms with Crippen LogP contribution in [0.2, 0.25) is 0 Å². The molecule has 17 heavy (non-hydrogen) atoms. The number of benzene rings is 1. The highest BCUT2D eigenvalue weighted by molar-refractivity contribution is 5.72. The summed E-state index contributed by atoms with van der Waals surface area (Å²) in [5, 5.41) is 9.07. The molecule has 1 N–H and O–H groups in total. The van der Waals surface area contributed by atoms with Crippen LogP contribution in [0.3, 0.4) is 0 Å². The Labute approximate surface area is 99.9 Å².